The number of amides is 1. The number of hydrogen-bond donors (Lipinski definition) is 1. The highest BCUT2D eigenvalue weighted by Crippen LogP contribution is 2.39. The molecule has 3 rings (SSSR count). The smallest absolute Gasteiger partial charge is 0.230 e. The van der Waals surface area contributed by atoms with Crippen LogP contribution in [0.25, 0.3) is 0 Å². The van der Waals surface area contributed by atoms with Gasteiger partial charge < -0.3 is 10.6 Å². The number of carbonyl (C=O) groups excluding carboxylic acids is 1. The summed E-state index contributed by atoms with van der Waals surface area (Å²) in [6, 6.07) is 0.676. The fraction of sp³-hybridized carbons (Fsp3) is 0.929. The Kier molecular flexibility index (Phi) is 3.10. The van der Waals surface area contributed by atoms with Crippen LogP contribution in [-0.2, 0) is 4.79 Å². The monoisotopic (exact) mass is 251 g/mol. The van der Waals surface area contributed by atoms with E-state index in [1.165, 1.54) is 19.4 Å². The molecule has 0 aromatic carbocycles. The van der Waals surface area contributed by atoms with Gasteiger partial charge in [-0.1, -0.05) is 6.42 Å². The number of fused-ring (bicyclic) bond motifs is 1. The maximum Gasteiger partial charge on any atom is 0.230 e. The van der Waals surface area contributed by atoms with Gasteiger partial charge in [-0.25, -0.2) is 0 Å². The van der Waals surface area contributed by atoms with E-state index >= 15 is 0 Å². The molecule has 2 N–H and O–H groups in total. The Labute approximate surface area is 109 Å². The lowest BCUT2D eigenvalue weighted by Crippen LogP contribution is -2.57. The molecule has 1 aliphatic carbocycles. The Morgan fingerprint density at radius 3 is 2.78 bits per heavy atom. The van der Waals surface area contributed by atoms with Gasteiger partial charge in [-0.15, -0.1) is 0 Å². The van der Waals surface area contributed by atoms with Crippen LogP contribution < -0.4 is 5.73 Å². The fourth-order valence-electron chi connectivity index (χ4n) is 4.00. The van der Waals surface area contributed by atoms with Gasteiger partial charge in [0.25, 0.3) is 0 Å². The zero-order chi connectivity index (χ0) is 12.8. The van der Waals surface area contributed by atoms with E-state index in [1.54, 1.807) is 0 Å². The first kappa shape index (κ1) is 12.4. The van der Waals surface area contributed by atoms with Gasteiger partial charge in [0.1, 0.15) is 0 Å². The van der Waals surface area contributed by atoms with Crippen molar-refractivity contribution in [2.75, 3.05) is 26.2 Å². The van der Waals surface area contributed by atoms with Crippen LogP contribution in [0, 0.1) is 5.41 Å². The molecule has 18 heavy (non-hydrogen) atoms. The summed E-state index contributed by atoms with van der Waals surface area (Å²) in [4.78, 5) is 17.4. The Morgan fingerprint density at radius 1 is 1.22 bits per heavy atom. The molecule has 0 aromatic rings. The van der Waals surface area contributed by atoms with Gasteiger partial charge in [0, 0.05) is 31.7 Å². The summed E-state index contributed by atoms with van der Waals surface area (Å²) in [5.74, 6) is 0.319. The van der Waals surface area contributed by atoms with Gasteiger partial charge >= 0.3 is 0 Å². The minimum Gasteiger partial charge on any atom is -0.339 e. The highest BCUT2D eigenvalue weighted by atomic mass is 16.2. The highest BCUT2D eigenvalue weighted by molar-refractivity contribution is 5.83. The summed E-state index contributed by atoms with van der Waals surface area (Å²) in [6.07, 6.45) is 5.63. The van der Waals surface area contributed by atoms with Gasteiger partial charge in [0.05, 0.1) is 5.41 Å². The fourth-order valence-corrected chi connectivity index (χ4v) is 4.00. The summed E-state index contributed by atoms with van der Waals surface area (Å²) >= 11 is 0. The van der Waals surface area contributed by atoms with Crippen LogP contribution in [0.15, 0.2) is 0 Å². The van der Waals surface area contributed by atoms with Crippen molar-refractivity contribution >= 4 is 5.91 Å². The van der Waals surface area contributed by atoms with Crippen molar-refractivity contribution in [1.82, 2.24) is 9.80 Å². The minimum absolute atomic E-state index is 0.0617. The molecular formula is C14H25N3O. The van der Waals surface area contributed by atoms with E-state index < -0.39 is 0 Å². The standard InChI is InChI=1S/C14H25N3O/c1-14(6-2-5-12(14)15)13(18)17-9-8-16-7-3-4-11(16)10-17/h11-12H,2-10,15H2,1H3. The van der Waals surface area contributed by atoms with Gasteiger partial charge in [-0.05, 0) is 39.2 Å². The predicted molar refractivity (Wildman–Crippen MR) is 71.1 cm³/mol. The van der Waals surface area contributed by atoms with Crippen molar-refractivity contribution in [3.05, 3.63) is 0 Å². The quantitative estimate of drug-likeness (QED) is 0.750. The summed E-state index contributed by atoms with van der Waals surface area (Å²) < 4.78 is 0. The summed E-state index contributed by atoms with van der Waals surface area (Å²) in [6.45, 7) is 6.19. The molecule has 0 spiro atoms. The third-order valence-electron chi connectivity index (χ3n) is 5.39. The molecule has 0 radical (unpaired) electrons. The molecule has 3 fully saturated rings. The molecular weight excluding hydrogens is 226 g/mol. The van der Waals surface area contributed by atoms with E-state index in [1.807, 2.05) is 0 Å². The number of carbonyl (C=O) groups is 1. The molecule has 2 saturated heterocycles. The average molecular weight is 251 g/mol. The summed E-state index contributed by atoms with van der Waals surface area (Å²) in [5.41, 5.74) is 5.88. The van der Waals surface area contributed by atoms with Crippen molar-refractivity contribution in [1.29, 1.82) is 0 Å². The lowest BCUT2D eigenvalue weighted by Gasteiger charge is -2.41. The first-order chi connectivity index (χ1) is 8.61. The molecule has 3 unspecified atom stereocenters. The van der Waals surface area contributed by atoms with Crippen LogP contribution in [0.5, 0.6) is 0 Å². The number of rotatable bonds is 1. The number of nitrogens with two attached hydrogens (primary N) is 1. The van der Waals surface area contributed by atoms with Crippen LogP contribution in [0.4, 0.5) is 0 Å². The first-order valence-electron chi connectivity index (χ1n) is 7.40. The third kappa shape index (κ3) is 1.86. The second-order valence-corrected chi connectivity index (χ2v) is 6.50. The minimum atomic E-state index is -0.291. The molecule has 3 aliphatic rings. The van der Waals surface area contributed by atoms with E-state index in [0.29, 0.717) is 11.9 Å². The van der Waals surface area contributed by atoms with E-state index in [2.05, 4.69) is 16.7 Å². The van der Waals surface area contributed by atoms with Crippen molar-refractivity contribution < 1.29 is 4.79 Å². The van der Waals surface area contributed by atoms with Crippen molar-refractivity contribution in [2.24, 2.45) is 11.1 Å². The van der Waals surface area contributed by atoms with E-state index in [-0.39, 0.29) is 11.5 Å². The number of piperazine rings is 1. The maximum absolute atomic E-state index is 12.7. The van der Waals surface area contributed by atoms with Crippen LogP contribution in [0.3, 0.4) is 0 Å². The Balaban J connectivity index is 1.69. The Hall–Kier alpha value is -0.610. The second-order valence-electron chi connectivity index (χ2n) is 6.50. The molecule has 1 saturated carbocycles. The molecule has 4 heteroatoms. The largest absolute Gasteiger partial charge is 0.339 e. The van der Waals surface area contributed by atoms with E-state index in [4.69, 9.17) is 5.73 Å². The maximum atomic E-state index is 12.7. The topological polar surface area (TPSA) is 49.6 Å². The molecule has 2 aliphatic heterocycles. The molecule has 0 bridgehead atoms. The molecule has 3 atom stereocenters. The highest BCUT2D eigenvalue weighted by Gasteiger charge is 2.46. The van der Waals surface area contributed by atoms with Crippen molar-refractivity contribution in [3.63, 3.8) is 0 Å². The van der Waals surface area contributed by atoms with Crippen LogP contribution in [-0.4, -0.2) is 54.0 Å². The molecule has 0 aromatic heterocycles. The van der Waals surface area contributed by atoms with E-state index in [9.17, 15) is 4.79 Å². The van der Waals surface area contributed by atoms with Crippen LogP contribution >= 0.6 is 0 Å². The Bertz CT molecular complexity index is 346. The number of hydrogen-bond acceptors (Lipinski definition) is 3. The number of nitrogens with zero attached hydrogens (tertiary/aromatic N) is 2. The molecule has 1 amide bonds. The average Bonchev–Trinajstić information content (AvgIpc) is 2.96. The van der Waals surface area contributed by atoms with Gasteiger partial charge in [-0.3, -0.25) is 9.69 Å². The van der Waals surface area contributed by atoms with E-state index in [0.717, 1.165) is 38.9 Å². The van der Waals surface area contributed by atoms with Crippen LogP contribution in [0.1, 0.15) is 39.0 Å². The zero-order valence-corrected chi connectivity index (χ0v) is 11.4. The van der Waals surface area contributed by atoms with Gasteiger partial charge in [0.15, 0.2) is 0 Å². The molecule has 102 valence electrons. The lowest BCUT2D eigenvalue weighted by molar-refractivity contribution is -0.144. The van der Waals surface area contributed by atoms with Crippen molar-refractivity contribution in [2.45, 2.75) is 51.1 Å². The molecule has 2 heterocycles. The van der Waals surface area contributed by atoms with Gasteiger partial charge in [0.2, 0.25) is 5.91 Å². The second kappa shape index (κ2) is 4.49. The third-order valence-corrected chi connectivity index (χ3v) is 5.39. The van der Waals surface area contributed by atoms with Crippen LogP contribution in [0.2, 0.25) is 0 Å². The summed E-state index contributed by atoms with van der Waals surface area (Å²) in [7, 11) is 0. The predicted octanol–water partition coefficient (Wildman–Crippen LogP) is 0.811. The lowest BCUT2D eigenvalue weighted by atomic mass is 9.83. The Morgan fingerprint density at radius 2 is 2.06 bits per heavy atom. The van der Waals surface area contributed by atoms with Gasteiger partial charge in [-0.2, -0.15) is 0 Å². The zero-order valence-electron chi connectivity index (χ0n) is 11.4. The SMILES string of the molecule is CC1(C(=O)N2CCN3CCCC3C2)CCCC1N. The normalized spacial score (nSPS) is 41.1. The molecule has 4 nitrogen and oxygen atoms in total. The van der Waals surface area contributed by atoms with Crippen molar-refractivity contribution in [3.8, 4) is 0 Å². The summed E-state index contributed by atoms with van der Waals surface area (Å²) in [5, 5.41) is 0. The first-order valence-corrected chi connectivity index (χ1v) is 7.40.